The van der Waals surface area contributed by atoms with Gasteiger partial charge in [0.25, 0.3) is 0 Å². The second kappa shape index (κ2) is 7.64. The number of hydrogen-bond donors (Lipinski definition) is 1. The van der Waals surface area contributed by atoms with Crippen molar-refractivity contribution in [2.45, 2.75) is 45.2 Å². The molecule has 0 spiro atoms. The highest BCUT2D eigenvalue weighted by atomic mass is 35.5. The molecule has 1 unspecified atom stereocenters. The number of rotatable bonds is 4. The van der Waals surface area contributed by atoms with E-state index in [-0.39, 0.29) is 18.3 Å². The summed E-state index contributed by atoms with van der Waals surface area (Å²) >= 11 is 7.49. The van der Waals surface area contributed by atoms with Crippen LogP contribution in [0.25, 0.3) is 0 Å². The minimum absolute atomic E-state index is 0. The summed E-state index contributed by atoms with van der Waals surface area (Å²) in [7, 11) is 0. The Labute approximate surface area is 136 Å². The van der Waals surface area contributed by atoms with E-state index in [0.717, 1.165) is 41.6 Å². The summed E-state index contributed by atoms with van der Waals surface area (Å²) in [4.78, 5) is 15.8. The third-order valence-electron chi connectivity index (χ3n) is 3.74. The number of carbonyl (C=O) groups is 1. The van der Waals surface area contributed by atoms with Crippen LogP contribution in [0.1, 0.15) is 38.0 Å². The molecule has 3 nitrogen and oxygen atoms in total. The quantitative estimate of drug-likeness (QED) is 0.908. The Morgan fingerprint density at radius 3 is 2.75 bits per heavy atom. The zero-order valence-corrected chi connectivity index (χ0v) is 14.3. The molecule has 1 aromatic heterocycles. The van der Waals surface area contributed by atoms with E-state index < -0.39 is 5.54 Å². The van der Waals surface area contributed by atoms with Gasteiger partial charge < -0.3 is 10.2 Å². The smallest absolute Gasteiger partial charge is 0.242 e. The van der Waals surface area contributed by atoms with Crippen LogP contribution in [0.4, 0.5) is 0 Å². The lowest BCUT2D eigenvalue weighted by molar-refractivity contribution is -0.139. The molecule has 0 saturated carbocycles. The van der Waals surface area contributed by atoms with Crippen LogP contribution in [0.5, 0.6) is 0 Å². The van der Waals surface area contributed by atoms with Crippen LogP contribution in [0, 0.1) is 0 Å². The maximum atomic E-state index is 12.7. The van der Waals surface area contributed by atoms with Crippen LogP contribution < -0.4 is 5.32 Å². The lowest BCUT2D eigenvalue weighted by Gasteiger charge is -2.37. The number of thiophene rings is 1. The monoisotopic (exact) mass is 336 g/mol. The molecular weight excluding hydrogens is 315 g/mol. The number of halogens is 2. The van der Waals surface area contributed by atoms with Crippen molar-refractivity contribution in [1.82, 2.24) is 10.2 Å². The van der Waals surface area contributed by atoms with Gasteiger partial charge in [0.15, 0.2) is 0 Å². The van der Waals surface area contributed by atoms with Crippen LogP contribution in [-0.4, -0.2) is 29.4 Å². The molecule has 1 fully saturated rings. The fraction of sp³-hybridized carbons (Fsp3) is 0.643. The predicted molar refractivity (Wildman–Crippen MR) is 87.9 cm³/mol. The summed E-state index contributed by atoms with van der Waals surface area (Å²) in [6, 6.07) is 3.89. The zero-order valence-electron chi connectivity index (χ0n) is 11.9. The number of nitrogens with one attached hydrogen (secondary N) is 1. The first-order valence-corrected chi connectivity index (χ1v) is 8.03. The van der Waals surface area contributed by atoms with Crippen molar-refractivity contribution >= 4 is 41.3 Å². The van der Waals surface area contributed by atoms with Gasteiger partial charge in [0.05, 0.1) is 16.4 Å². The molecule has 0 radical (unpaired) electrons. The zero-order chi connectivity index (χ0) is 13.9. The van der Waals surface area contributed by atoms with E-state index in [1.54, 1.807) is 11.3 Å². The first-order valence-electron chi connectivity index (χ1n) is 6.84. The fourth-order valence-corrected chi connectivity index (χ4v) is 3.64. The van der Waals surface area contributed by atoms with Crippen LogP contribution in [-0.2, 0) is 11.3 Å². The molecule has 6 heteroatoms. The molecule has 1 atom stereocenters. The van der Waals surface area contributed by atoms with Crippen LogP contribution >= 0.6 is 35.3 Å². The van der Waals surface area contributed by atoms with Crippen molar-refractivity contribution < 1.29 is 4.79 Å². The molecule has 1 aliphatic heterocycles. The Morgan fingerprint density at radius 2 is 2.25 bits per heavy atom. The van der Waals surface area contributed by atoms with E-state index >= 15 is 0 Å². The van der Waals surface area contributed by atoms with Crippen molar-refractivity contribution in [2.75, 3.05) is 13.1 Å². The van der Waals surface area contributed by atoms with Gasteiger partial charge in [-0.2, -0.15) is 0 Å². The number of carbonyl (C=O) groups excluding carboxylic acids is 1. The largest absolute Gasteiger partial charge is 0.336 e. The third-order valence-corrected chi connectivity index (χ3v) is 4.95. The molecule has 0 bridgehead atoms. The number of nitrogens with zero attached hydrogens (tertiary/aromatic N) is 1. The second-order valence-electron chi connectivity index (χ2n) is 5.24. The van der Waals surface area contributed by atoms with Gasteiger partial charge in [0, 0.05) is 11.4 Å². The van der Waals surface area contributed by atoms with E-state index in [9.17, 15) is 4.79 Å². The summed E-state index contributed by atoms with van der Waals surface area (Å²) in [5, 5.41) is 3.39. The Hall–Kier alpha value is -0.290. The van der Waals surface area contributed by atoms with E-state index in [1.165, 1.54) is 0 Å². The normalized spacial score (nSPS) is 22.1. The molecular formula is C14H22Cl2N2OS. The Balaban J connectivity index is 0.00000200. The summed E-state index contributed by atoms with van der Waals surface area (Å²) in [6.07, 6.45) is 3.21. The van der Waals surface area contributed by atoms with Crippen LogP contribution in [0.15, 0.2) is 12.1 Å². The average Bonchev–Trinajstić information content (AvgIpc) is 2.81. The van der Waals surface area contributed by atoms with Gasteiger partial charge in [-0.15, -0.1) is 23.7 Å². The molecule has 1 saturated heterocycles. The molecule has 20 heavy (non-hydrogen) atoms. The van der Waals surface area contributed by atoms with Crippen molar-refractivity contribution in [2.24, 2.45) is 0 Å². The first kappa shape index (κ1) is 17.8. The highest BCUT2D eigenvalue weighted by Gasteiger charge is 2.37. The van der Waals surface area contributed by atoms with Crippen molar-refractivity contribution in [3.8, 4) is 0 Å². The van der Waals surface area contributed by atoms with E-state index in [2.05, 4.69) is 5.32 Å². The molecule has 0 aliphatic carbocycles. The third kappa shape index (κ3) is 4.10. The number of amides is 1. The van der Waals surface area contributed by atoms with E-state index in [1.807, 2.05) is 30.9 Å². The Bertz CT molecular complexity index is 444. The molecule has 114 valence electrons. The minimum atomic E-state index is -0.394. The minimum Gasteiger partial charge on any atom is -0.336 e. The molecule has 1 amide bonds. The molecule has 1 N–H and O–H groups in total. The van der Waals surface area contributed by atoms with E-state index in [0.29, 0.717) is 6.54 Å². The molecule has 2 heterocycles. The highest BCUT2D eigenvalue weighted by molar-refractivity contribution is 7.16. The molecule has 2 rings (SSSR count). The molecule has 1 aliphatic rings. The Kier molecular flexibility index (Phi) is 6.79. The number of hydrogen-bond acceptors (Lipinski definition) is 3. The first-order chi connectivity index (χ1) is 9.05. The van der Waals surface area contributed by atoms with E-state index in [4.69, 9.17) is 11.6 Å². The second-order valence-corrected chi connectivity index (χ2v) is 7.04. The van der Waals surface area contributed by atoms with Gasteiger partial charge >= 0.3 is 0 Å². The van der Waals surface area contributed by atoms with Gasteiger partial charge in [0.1, 0.15) is 0 Å². The topological polar surface area (TPSA) is 32.3 Å². The van der Waals surface area contributed by atoms with Gasteiger partial charge in [-0.3, -0.25) is 4.79 Å². The Morgan fingerprint density at radius 1 is 1.50 bits per heavy atom. The predicted octanol–water partition coefficient (Wildman–Crippen LogP) is 3.70. The van der Waals surface area contributed by atoms with Gasteiger partial charge in [0.2, 0.25) is 5.91 Å². The number of likely N-dealkylation sites (N-methyl/N-ethyl adjacent to an activating group) is 1. The van der Waals surface area contributed by atoms with Gasteiger partial charge in [-0.05, 0) is 51.8 Å². The number of piperidine rings is 1. The maximum absolute atomic E-state index is 12.7. The standard InChI is InChI=1S/C14H21ClN2OS.ClH/c1-3-17(10-11-6-7-12(15)19-11)13(18)14(2)8-4-5-9-16-14;/h6-7,16H,3-5,8-10H2,1-2H3;1H. The van der Waals surface area contributed by atoms with Crippen molar-refractivity contribution in [3.05, 3.63) is 21.3 Å². The maximum Gasteiger partial charge on any atom is 0.242 e. The van der Waals surface area contributed by atoms with Crippen molar-refractivity contribution in [1.29, 1.82) is 0 Å². The summed E-state index contributed by atoms with van der Waals surface area (Å²) in [5.74, 6) is 0.208. The highest BCUT2D eigenvalue weighted by Crippen LogP contribution is 2.25. The lowest BCUT2D eigenvalue weighted by atomic mass is 9.89. The average molecular weight is 337 g/mol. The lowest BCUT2D eigenvalue weighted by Crippen LogP contribution is -2.57. The SMILES string of the molecule is CCN(Cc1ccc(Cl)s1)C(=O)C1(C)CCCCN1.Cl. The van der Waals surface area contributed by atoms with Crippen LogP contribution in [0.2, 0.25) is 4.34 Å². The van der Waals surface area contributed by atoms with Crippen LogP contribution in [0.3, 0.4) is 0 Å². The van der Waals surface area contributed by atoms with Crippen molar-refractivity contribution in [3.63, 3.8) is 0 Å². The molecule has 1 aromatic rings. The fourth-order valence-electron chi connectivity index (χ4n) is 2.54. The summed E-state index contributed by atoms with van der Waals surface area (Å²) in [6.45, 7) is 6.37. The van der Waals surface area contributed by atoms with Gasteiger partial charge in [-0.25, -0.2) is 0 Å². The van der Waals surface area contributed by atoms with Gasteiger partial charge in [-0.1, -0.05) is 11.6 Å². The summed E-state index contributed by atoms with van der Waals surface area (Å²) < 4.78 is 0.778. The summed E-state index contributed by atoms with van der Waals surface area (Å²) in [5.41, 5.74) is -0.394. The molecule has 0 aromatic carbocycles.